The van der Waals surface area contributed by atoms with Crippen molar-refractivity contribution in [2.45, 2.75) is 39.2 Å². The van der Waals surface area contributed by atoms with Gasteiger partial charge in [0, 0.05) is 13.5 Å². The van der Waals surface area contributed by atoms with Gasteiger partial charge in [-0.2, -0.15) is 4.98 Å². The Bertz CT molecular complexity index is 780. The minimum absolute atomic E-state index is 0.0736. The Morgan fingerprint density at radius 1 is 1.48 bits per heavy atom. The van der Waals surface area contributed by atoms with Gasteiger partial charge < -0.3 is 14.2 Å². The van der Waals surface area contributed by atoms with E-state index in [2.05, 4.69) is 20.3 Å². The molecule has 1 fully saturated rings. The van der Waals surface area contributed by atoms with Crippen molar-refractivity contribution in [1.29, 1.82) is 0 Å². The summed E-state index contributed by atoms with van der Waals surface area (Å²) in [4.78, 5) is 33.7. The molecule has 0 radical (unpaired) electrons. The van der Waals surface area contributed by atoms with Gasteiger partial charge in [-0.05, 0) is 19.3 Å². The Balaban J connectivity index is 1.55. The highest BCUT2D eigenvalue weighted by Gasteiger charge is 2.14. The summed E-state index contributed by atoms with van der Waals surface area (Å²) >= 11 is 0. The Kier molecular flexibility index (Phi) is 5.74. The molecule has 0 saturated carbocycles. The van der Waals surface area contributed by atoms with E-state index < -0.39 is 5.56 Å². The van der Waals surface area contributed by atoms with E-state index in [-0.39, 0.29) is 30.4 Å². The highest BCUT2D eigenvalue weighted by molar-refractivity contribution is 5.87. The number of nitrogens with one attached hydrogen (secondary N) is 2. The second-order valence-electron chi connectivity index (χ2n) is 5.69. The molecule has 1 unspecified atom stereocenters. The second kappa shape index (κ2) is 8.19. The van der Waals surface area contributed by atoms with Crippen molar-refractivity contribution in [3.63, 3.8) is 0 Å². The molecule has 0 aromatic carbocycles. The third-order valence-corrected chi connectivity index (χ3v) is 3.67. The molecule has 136 valence electrons. The first-order valence-electron chi connectivity index (χ1n) is 8.17. The minimum atomic E-state index is -0.426. The topological polar surface area (TPSA) is 120 Å². The summed E-state index contributed by atoms with van der Waals surface area (Å²) in [6.45, 7) is 3.04. The number of amides is 1. The van der Waals surface area contributed by atoms with Crippen LogP contribution in [0, 0.1) is 0 Å². The number of hydrogen-bond donors (Lipinski definition) is 2. The maximum atomic E-state index is 11.9. The zero-order valence-corrected chi connectivity index (χ0v) is 14.0. The molecule has 3 heterocycles. The van der Waals surface area contributed by atoms with E-state index >= 15 is 0 Å². The first-order valence-corrected chi connectivity index (χ1v) is 8.17. The Morgan fingerprint density at radius 2 is 2.36 bits per heavy atom. The summed E-state index contributed by atoms with van der Waals surface area (Å²) in [7, 11) is 0. The number of hydrogen-bond acceptors (Lipinski definition) is 7. The molecule has 2 aromatic rings. The fourth-order valence-electron chi connectivity index (χ4n) is 2.52. The van der Waals surface area contributed by atoms with Crippen LogP contribution in [0.15, 0.2) is 11.1 Å². The summed E-state index contributed by atoms with van der Waals surface area (Å²) in [5.74, 6) is -0.253. The molecule has 1 amide bonds. The van der Waals surface area contributed by atoms with E-state index in [4.69, 9.17) is 14.2 Å². The van der Waals surface area contributed by atoms with Crippen LogP contribution in [0.4, 0.5) is 5.95 Å². The molecular formula is C15H21N5O5. The smallest absolute Gasteiger partial charge is 0.280 e. The van der Waals surface area contributed by atoms with Gasteiger partial charge in [0.05, 0.1) is 19.5 Å². The number of nitrogens with zero attached hydrogens (tertiary/aromatic N) is 3. The quantitative estimate of drug-likeness (QED) is 0.701. The minimum Gasteiger partial charge on any atom is -0.358 e. The van der Waals surface area contributed by atoms with Crippen molar-refractivity contribution in [1.82, 2.24) is 19.5 Å². The average molecular weight is 351 g/mol. The first kappa shape index (κ1) is 17.5. The van der Waals surface area contributed by atoms with Crippen LogP contribution in [0.1, 0.15) is 26.2 Å². The summed E-state index contributed by atoms with van der Waals surface area (Å²) in [6.07, 6.45) is 4.42. The van der Waals surface area contributed by atoms with E-state index in [1.54, 1.807) is 4.57 Å². The number of aromatic nitrogens is 4. The normalized spacial score (nSPS) is 17.7. The average Bonchev–Trinajstić information content (AvgIpc) is 2.98. The van der Waals surface area contributed by atoms with Crippen LogP contribution in [0.3, 0.4) is 0 Å². The van der Waals surface area contributed by atoms with Crippen molar-refractivity contribution < 1.29 is 19.0 Å². The maximum Gasteiger partial charge on any atom is 0.280 e. The standard InChI is InChI=1S/C15H21N5O5/c1-10(21)17-15-18-13-12(14(22)19-15)16-8-20(13)9-23-6-7-25-11-4-2-3-5-24-11/h8,11H,2-7,9H2,1H3,(H2,17,18,19,21,22). The number of carbonyl (C=O) groups excluding carboxylic acids is 1. The lowest BCUT2D eigenvalue weighted by molar-refractivity contribution is -0.170. The summed E-state index contributed by atoms with van der Waals surface area (Å²) < 4.78 is 18.2. The number of ether oxygens (including phenoxy) is 3. The molecule has 10 heteroatoms. The molecule has 1 aliphatic rings. The predicted octanol–water partition coefficient (Wildman–Crippen LogP) is 0.595. The van der Waals surface area contributed by atoms with E-state index in [9.17, 15) is 9.59 Å². The third-order valence-electron chi connectivity index (χ3n) is 3.67. The number of anilines is 1. The van der Waals surface area contributed by atoms with Crippen LogP contribution in [0.5, 0.6) is 0 Å². The van der Waals surface area contributed by atoms with Gasteiger partial charge >= 0.3 is 0 Å². The summed E-state index contributed by atoms with van der Waals surface area (Å²) in [5, 5.41) is 2.45. The van der Waals surface area contributed by atoms with Crippen LogP contribution < -0.4 is 10.9 Å². The SMILES string of the molecule is CC(=O)Nc1nc2c(ncn2COCCOC2CCCCO2)c(=O)[nH]1. The fourth-order valence-corrected chi connectivity index (χ4v) is 2.52. The fraction of sp³-hybridized carbons (Fsp3) is 0.600. The molecule has 2 aromatic heterocycles. The molecule has 2 N–H and O–H groups in total. The van der Waals surface area contributed by atoms with Crippen molar-refractivity contribution >= 4 is 23.0 Å². The van der Waals surface area contributed by atoms with Crippen LogP contribution in [-0.4, -0.2) is 51.5 Å². The zero-order valence-electron chi connectivity index (χ0n) is 14.0. The molecule has 3 rings (SSSR count). The van der Waals surface area contributed by atoms with E-state index in [1.807, 2.05) is 0 Å². The van der Waals surface area contributed by atoms with Crippen LogP contribution >= 0.6 is 0 Å². The highest BCUT2D eigenvalue weighted by atomic mass is 16.7. The molecule has 0 aliphatic carbocycles. The van der Waals surface area contributed by atoms with Crippen molar-refractivity contribution in [3.8, 4) is 0 Å². The monoisotopic (exact) mass is 351 g/mol. The first-order chi connectivity index (χ1) is 12.1. The largest absolute Gasteiger partial charge is 0.358 e. The van der Waals surface area contributed by atoms with Gasteiger partial charge in [-0.3, -0.25) is 24.5 Å². The lowest BCUT2D eigenvalue weighted by atomic mass is 10.2. The second-order valence-corrected chi connectivity index (χ2v) is 5.69. The van der Waals surface area contributed by atoms with E-state index in [1.165, 1.54) is 13.3 Å². The van der Waals surface area contributed by atoms with Crippen LogP contribution in [-0.2, 0) is 25.7 Å². The number of imidazole rings is 1. The van der Waals surface area contributed by atoms with Gasteiger partial charge in [0.15, 0.2) is 17.5 Å². The Hall–Kier alpha value is -2.30. The Labute approximate surface area is 143 Å². The number of carbonyl (C=O) groups is 1. The highest BCUT2D eigenvalue weighted by Crippen LogP contribution is 2.13. The van der Waals surface area contributed by atoms with Gasteiger partial charge in [0.2, 0.25) is 11.9 Å². The molecule has 0 spiro atoms. The van der Waals surface area contributed by atoms with Crippen molar-refractivity contribution in [2.24, 2.45) is 0 Å². The third kappa shape index (κ3) is 4.62. The van der Waals surface area contributed by atoms with E-state index in [0.717, 1.165) is 25.9 Å². The number of fused-ring (bicyclic) bond motifs is 1. The molecule has 10 nitrogen and oxygen atoms in total. The van der Waals surface area contributed by atoms with Gasteiger partial charge in [-0.1, -0.05) is 0 Å². The molecule has 1 aliphatic heterocycles. The molecular weight excluding hydrogens is 330 g/mol. The summed E-state index contributed by atoms with van der Waals surface area (Å²) in [6, 6.07) is 0. The lowest BCUT2D eigenvalue weighted by Gasteiger charge is -2.22. The molecule has 1 atom stereocenters. The molecule has 1 saturated heterocycles. The Morgan fingerprint density at radius 3 is 3.12 bits per heavy atom. The van der Waals surface area contributed by atoms with E-state index in [0.29, 0.717) is 18.9 Å². The van der Waals surface area contributed by atoms with Gasteiger partial charge in [-0.15, -0.1) is 0 Å². The van der Waals surface area contributed by atoms with Gasteiger partial charge in [0.1, 0.15) is 6.73 Å². The van der Waals surface area contributed by atoms with Crippen LogP contribution in [0.2, 0.25) is 0 Å². The number of H-pyrrole nitrogens is 1. The molecule has 0 bridgehead atoms. The van der Waals surface area contributed by atoms with Crippen molar-refractivity contribution in [3.05, 3.63) is 16.7 Å². The summed E-state index contributed by atoms with van der Waals surface area (Å²) in [5.41, 5.74) is 0.0962. The maximum absolute atomic E-state index is 11.9. The van der Waals surface area contributed by atoms with Crippen LogP contribution in [0.25, 0.3) is 11.2 Å². The van der Waals surface area contributed by atoms with Gasteiger partial charge in [-0.25, -0.2) is 4.98 Å². The molecule has 25 heavy (non-hydrogen) atoms. The number of rotatable bonds is 7. The predicted molar refractivity (Wildman–Crippen MR) is 87.9 cm³/mol. The zero-order chi connectivity index (χ0) is 17.6. The van der Waals surface area contributed by atoms with Gasteiger partial charge in [0.25, 0.3) is 5.56 Å². The van der Waals surface area contributed by atoms with Crippen molar-refractivity contribution in [2.75, 3.05) is 25.1 Å². The number of aromatic amines is 1. The lowest BCUT2D eigenvalue weighted by Crippen LogP contribution is -2.24.